The minimum atomic E-state index is -0.977. The Bertz CT molecular complexity index is 639. The topological polar surface area (TPSA) is 72.3 Å². The first-order valence-corrected chi connectivity index (χ1v) is 5.80. The summed E-state index contributed by atoms with van der Waals surface area (Å²) in [5.74, 6) is -0.108. The van der Waals surface area contributed by atoms with Crippen LogP contribution in [0.25, 0.3) is 0 Å². The molecule has 0 aliphatic heterocycles. The molecule has 0 atom stereocenters. The van der Waals surface area contributed by atoms with Crippen LogP contribution in [0.3, 0.4) is 0 Å². The van der Waals surface area contributed by atoms with Crippen molar-refractivity contribution in [2.24, 2.45) is 0 Å². The average Bonchev–Trinajstić information content (AvgIpc) is 2.36. The van der Waals surface area contributed by atoms with E-state index in [1.807, 2.05) is 6.92 Å². The number of rotatable bonds is 3. The summed E-state index contributed by atoms with van der Waals surface area (Å²) in [7, 11) is 0. The van der Waals surface area contributed by atoms with Crippen molar-refractivity contribution in [1.82, 2.24) is 9.97 Å². The Labute approximate surface area is 110 Å². The molecule has 0 saturated carbocycles. The third-order valence-electron chi connectivity index (χ3n) is 2.75. The third-order valence-corrected chi connectivity index (χ3v) is 2.75. The summed E-state index contributed by atoms with van der Waals surface area (Å²) in [6.45, 7) is 5.31. The van der Waals surface area contributed by atoms with Crippen LogP contribution in [-0.4, -0.2) is 21.0 Å². The molecule has 0 bridgehead atoms. The molecule has 98 valence electrons. The lowest BCUT2D eigenvalue weighted by atomic mass is 10.1. The second-order valence-electron chi connectivity index (χ2n) is 4.24. The number of hydrogen-bond acceptors (Lipinski definition) is 4. The second kappa shape index (κ2) is 5.06. The Hall–Kier alpha value is -2.43. The van der Waals surface area contributed by atoms with E-state index in [0.29, 0.717) is 22.9 Å². The van der Waals surface area contributed by atoms with E-state index >= 15 is 0 Å². The molecule has 5 nitrogen and oxygen atoms in total. The van der Waals surface area contributed by atoms with Crippen molar-refractivity contribution >= 4 is 5.97 Å². The van der Waals surface area contributed by atoms with Gasteiger partial charge in [-0.05, 0) is 32.9 Å². The van der Waals surface area contributed by atoms with E-state index < -0.39 is 5.97 Å². The summed E-state index contributed by atoms with van der Waals surface area (Å²) >= 11 is 0. The van der Waals surface area contributed by atoms with Gasteiger partial charge in [-0.25, -0.2) is 9.78 Å². The van der Waals surface area contributed by atoms with Gasteiger partial charge in [-0.1, -0.05) is 6.07 Å². The molecule has 5 heteroatoms. The molecule has 0 amide bonds. The normalized spacial score (nSPS) is 10.3. The van der Waals surface area contributed by atoms with Crippen molar-refractivity contribution in [2.45, 2.75) is 20.8 Å². The van der Waals surface area contributed by atoms with Gasteiger partial charge in [0.1, 0.15) is 5.75 Å². The molecule has 19 heavy (non-hydrogen) atoms. The smallest absolute Gasteiger partial charge is 0.336 e. The Balaban J connectivity index is 2.41. The molecule has 2 aromatic rings. The second-order valence-corrected chi connectivity index (χ2v) is 4.24. The number of aryl methyl sites for hydroxylation is 2. The van der Waals surface area contributed by atoms with E-state index in [4.69, 9.17) is 9.84 Å². The van der Waals surface area contributed by atoms with Gasteiger partial charge >= 0.3 is 5.97 Å². The van der Waals surface area contributed by atoms with Crippen LogP contribution in [0.2, 0.25) is 0 Å². The first-order valence-electron chi connectivity index (χ1n) is 5.80. The molecular weight excluding hydrogens is 244 g/mol. The predicted octanol–water partition coefficient (Wildman–Crippen LogP) is 2.89. The van der Waals surface area contributed by atoms with E-state index in [1.165, 1.54) is 0 Å². The third kappa shape index (κ3) is 2.70. The highest BCUT2D eigenvalue weighted by Crippen LogP contribution is 2.27. The van der Waals surface area contributed by atoms with Gasteiger partial charge < -0.3 is 9.84 Å². The number of nitrogens with zero attached hydrogens (tertiary/aromatic N) is 2. The first-order chi connectivity index (χ1) is 8.99. The molecule has 1 N–H and O–H groups in total. The van der Waals surface area contributed by atoms with Crippen LogP contribution in [0.1, 0.15) is 27.3 Å². The molecule has 0 unspecified atom stereocenters. The van der Waals surface area contributed by atoms with Crippen molar-refractivity contribution in [3.8, 4) is 11.6 Å². The van der Waals surface area contributed by atoms with E-state index in [2.05, 4.69) is 9.97 Å². The molecule has 0 spiro atoms. The molecule has 1 heterocycles. The molecule has 1 aromatic carbocycles. The number of benzene rings is 1. The Morgan fingerprint density at radius 3 is 2.68 bits per heavy atom. The van der Waals surface area contributed by atoms with Gasteiger partial charge in [0.15, 0.2) is 0 Å². The van der Waals surface area contributed by atoms with Crippen LogP contribution >= 0.6 is 0 Å². The number of aromatic carboxylic acids is 1. The van der Waals surface area contributed by atoms with Gasteiger partial charge in [-0.15, -0.1) is 0 Å². The highest BCUT2D eigenvalue weighted by molar-refractivity contribution is 5.90. The van der Waals surface area contributed by atoms with Gasteiger partial charge in [0.25, 0.3) is 0 Å². The summed E-state index contributed by atoms with van der Waals surface area (Å²) in [5.41, 5.74) is 2.19. The highest BCUT2D eigenvalue weighted by atomic mass is 16.5. The summed E-state index contributed by atoms with van der Waals surface area (Å²) in [6, 6.07) is 4.90. The molecule has 0 aliphatic rings. The lowest BCUT2D eigenvalue weighted by Gasteiger charge is -2.11. The van der Waals surface area contributed by atoms with Crippen LogP contribution in [0.15, 0.2) is 24.4 Å². The number of carbonyl (C=O) groups is 1. The largest absolute Gasteiger partial charge is 0.478 e. The summed E-state index contributed by atoms with van der Waals surface area (Å²) in [6.07, 6.45) is 1.66. The molecule has 2 rings (SSSR count). The van der Waals surface area contributed by atoms with E-state index in [0.717, 1.165) is 5.69 Å². The van der Waals surface area contributed by atoms with Gasteiger partial charge in [0.2, 0.25) is 5.88 Å². The maximum Gasteiger partial charge on any atom is 0.336 e. The minimum absolute atomic E-state index is 0.218. The Kier molecular flexibility index (Phi) is 3.46. The van der Waals surface area contributed by atoms with Crippen molar-refractivity contribution < 1.29 is 14.6 Å². The van der Waals surface area contributed by atoms with Gasteiger partial charge in [-0.3, -0.25) is 4.98 Å². The van der Waals surface area contributed by atoms with Gasteiger partial charge in [0.05, 0.1) is 17.0 Å². The molecule has 0 aliphatic carbocycles. The van der Waals surface area contributed by atoms with E-state index in [9.17, 15) is 4.79 Å². The van der Waals surface area contributed by atoms with Crippen molar-refractivity contribution in [2.75, 3.05) is 0 Å². The SMILES string of the molecule is Cc1cnc(C)c(Oc2cccc(C(=O)O)c2C)n1. The van der Waals surface area contributed by atoms with Crippen LogP contribution in [0.4, 0.5) is 0 Å². The van der Waals surface area contributed by atoms with Crippen molar-refractivity contribution in [3.05, 3.63) is 46.9 Å². The lowest BCUT2D eigenvalue weighted by Crippen LogP contribution is -2.02. The Morgan fingerprint density at radius 2 is 2.00 bits per heavy atom. The number of ether oxygens (including phenoxy) is 1. The maximum absolute atomic E-state index is 11.1. The zero-order chi connectivity index (χ0) is 14.0. The van der Waals surface area contributed by atoms with Crippen molar-refractivity contribution in [3.63, 3.8) is 0 Å². The number of aromatic nitrogens is 2. The molecule has 1 aromatic heterocycles. The Morgan fingerprint density at radius 1 is 1.26 bits per heavy atom. The highest BCUT2D eigenvalue weighted by Gasteiger charge is 2.13. The summed E-state index contributed by atoms with van der Waals surface area (Å²) < 4.78 is 5.67. The fourth-order valence-corrected chi connectivity index (χ4v) is 1.67. The number of hydrogen-bond donors (Lipinski definition) is 1. The standard InChI is InChI=1S/C14H14N2O3/c1-8-7-15-10(3)13(16-8)19-12-6-4-5-11(9(12)2)14(17)18/h4-7H,1-3H3,(H,17,18). The van der Waals surface area contributed by atoms with Crippen LogP contribution in [-0.2, 0) is 0 Å². The monoisotopic (exact) mass is 258 g/mol. The summed E-state index contributed by atoms with van der Waals surface area (Å²) in [5, 5.41) is 9.07. The van der Waals surface area contributed by atoms with Crippen LogP contribution < -0.4 is 4.74 Å². The predicted molar refractivity (Wildman–Crippen MR) is 69.7 cm³/mol. The molecule has 0 saturated heterocycles. The lowest BCUT2D eigenvalue weighted by molar-refractivity contribution is 0.0695. The summed E-state index contributed by atoms with van der Waals surface area (Å²) in [4.78, 5) is 19.5. The van der Waals surface area contributed by atoms with Gasteiger partial charge in [-0.2, -0.15) is 0 Å². The molecule has 0 radical (unpaired) electrons. The number of carboxylic acids is 1. The number of carboxylic acid groups (broad SMARTS) is 1. The first kappa shape index (κ1) is 13.0. The van der Waals surface area contributed by atoms with Crippen LogP contribution in [0.5, 0.6) is 11.6 Å². The zero-order valence-corrected chi connectivity index (χ0v) is 11.0. The van der Waals surface area contributed by atoms with Crippen molar-refractivity contribution in [1.29, 1.82) is 0 Å². The van der Waals surface area contributed by atoms with Crippen LogP contribution in [0, 0.1) is 20.8 Å². The zero-order valence-electron chi connectivity index (χ0n) is 11.0. The quantitative estimate of drug-likeness (QED) is 0.916. The van der Waals surface area contributed by atoms with E-state index in [-0.39, 0.29) is 5.56 Å². The fourth-order valence-electron chi connectivity index (χ4n) is 1.67. The molecule has 0 fully saturated rings. The average molecular weight is 258 g/mol. The maximum atomic E-state index is 11.1. The van der Waals surface area contributed by atoms with Gasteiger partial charge in [0, 0.05) is 11.8 Å². The minimum Gasteiger partial charge on any atom is -0.478 e. The van der Waals surface area contributed by atoms with E-state index in [1.54, 1.807) is 38.2 Å². The fraction of sp³-hybridized carbons (Fsp3) is 0.214. The molecular formula is C14H14N2O3.